The third-order valence-corrected chi connectivity index (χ3v) is 4.71. The van der Waals surface area contributed by atoms with Gasteiger partial charge in [-0.3, -0.25) is 30.3 Å². The summed E-state index contributed by atoms with van der Waals surface area (Å²) >= 11 is 0. The second kappa shape index (κ2) is 15.0. The maximum Gasteiger partial charge on any atom is 0.699 e. The maximum absolute atomic E-state index is 10.8. The van der Waals surface area contributed by atoms with Crippen molar-refractivity contribution in [1.29, 1.82) is 0 Å². The highest BCUT2D eigenvalue weighted by Gasteiger charge is 2.69. The summed E-state index contributed by atoms with van der Waals surface area (Å²) in [5, 5.41) is 32.4. The van der Waals surface area contributed by atoms with Crippen molar-refractivity contribution in [3.63, 3.8) is 0 Å². The molecule has 0 amide bonds. The molecule has 0 aliphatic carbocycles. The molecule has 0 unspecified atom stereocenters. The number of nitrogens with zero attached hydrogens (tertiary/aromatic N) is 3. The Morgan fingerprint density at radius 2 is 0.852 bits per heavy atom. The highest BCUT2D eigenvalue weighted by molar-refractivity contribution is 5.48. The fourth-order valence-electron chi connectivity index (χ4n) is 3.01. The first-order valence-electron chi connectivity index (χ1n) is 9.76. The summed E-state index contributed by atoms with van der Waals surface area (Å²) in [6, 6.07) is 0. The zero-order chi connectivity index (χ0) is 20.5. The summed E-state index contributed by atoms with van der Waals surface area (Å²) in [5.74, 6) is -3.31. The van der Waals surface area contributed by atoms with Crippen molar-refractivity contribution in [1.82, 2.24) is 0 Å². The highest BCUT2D eigenvalue weighted by Crippen LogP contribution is 2.21. The first-order chi connectivity index (χ1) is 12.9. The standard InChI is InChI=1S/C17H31N3O7/c21-16-14-12-10-8-6-4-2-1-3-5-7-9-11-13-15-17(18(22)23,19(24)25)20(26)27/h16H,1-15H2. The Morgan fingerprint density at radius 3 is 1.15 bits per heavy atom. The second-order valence-corrected chi connectivity index (χ2v) is 6.85. The molecule has 10 nitrogen and oxygen atoms in total. The largest absolute Gasteiger partial charge is 0.699 e. The quantitative estimate of drug-likeness (QED) is 0.104. The van der Waals surface area contributed by atoms with E-state index in [1.165, 1.54) is 25.7 Å². The molecule has 0 atom stereocenters. The molecule has 0 aromatic rings. The predicted molar refractivity (Wildman–Crippen MR) is 99.0 cm³/mol. The van der Waals surface area contributed by atoms with E-state index in [0.717, 1.165) is 51.2 Å². The topological polar surface area (TPSA) is 146 Å². The number of nitro groups is 3. The van der Waals surface area contributed by atoms with Crippen LogP contribution in [0.25, 0.3) is 0 Å². The fraction of sp³-hybridized carbons (Fsp3) is 0.941. The van der Waals surface area contributed by atoms with Crippen LogP contribution in [0.2, 0.25) is 0 Å². The molecular formula is C17H31N3O7. The lowest BCUT2D eigenvalue weighted by atomic mass is 10.0. The van der Waals surface area contributed by atoms with E-state index in [-0.39, 0.29) is 6.42 Å². The van der Waals surface area contributed by atoms with Crippen molar-refractivity contribution in [2.24, 2.45) is 0 Å². The molecule has 0 aromatic carbocycles. The Labute approximate surface area is 159 Å². The van der Waals surface area contributed by atoms with E-state index < -0.39 is 27.0 Å². The molecule has 27 heavy (non-hydrogen) atoms. The van der Waals surface area contributed by atoms with Gasteiger partial charge < -0.3 is 4.79 Å². The number of carbonyl (C=O) groups is 1. The van der Waals surface area contributed by atoms with E-state index in [9.17, 15) is 35.1 Å². The molecule has 10 heteroatoms. The zero-order valence-electron chi connectivity index (χ0n) is 15.9. The summed E-state index contributed by atoms with van der Waals surface area (Å²) in [5.41, 5.74) is 0. The van der Waals surface area contributed by atoms with E-state index in [1.54, 1.807) is 0 Å². The average Bonchev–Trinajstić information content (AvgIpc) is 2.60. The van der Waals surface area contributed by atoms with Gasteiger partial charge in [0.05, 0.1) is 0 Å². The smallest absolute Gasteiger partial charge is 0.303 e. The minimum atomic E-state index is -3.31. The molecule has 0 N–H and O–H groups in total. The normalized spacial score (nSPS) is 11.3. The van der Waals surface area contributed by atoms with Gasteiger partial charge in [0.15, 0.2) is 21.2 Å². The van der Waals surface area contributed by atoms with Crippen LogP contribution in [-0.2, 0) is 4.79 Å². The van der Waals surface area contributed by atoms with Crippen molar-refractivity contribution in [2.45, 2.75) is 102 Å². The minimum absolute atomic E-state index is 0.0903. The van der Waals surface area contributed by atoms with Gasteiger partial charge in [0.1, 0.15) is 6.29 Å². The molecule has 0 saturated heterocycles. The molecule has 0 bridgehead atoms. The fourth-order valence-corrected chi connectivity index (χ4v) is 3.01. The Kier molecular flexibility index (Phi) is 13.8. The SMILES string of the molecule is O=CCCCCCCCCCCCCCCCC([N+](=O)[O-])([N+](=O)[O-])[N+](=O)[O-]. The maximum atomic E-state index is 10.8. The lowest BCUT2D eigenvalue weighted by Crippen LogP contribution is -2.53. The summed E-state index contributed by atoms with van der Waals surface area (Å²) in [4.78, 5) is 38.3. The molecule has 0 aliphatic heterocycles. The van der Waals surface area contributed by atoms with Gasteiger partial charge in [-0.15, -0.1) is 0 Å². The van der Waals surface area contributed by atoms with Crippen molar-refractivity contribution >= 4 is 6.29 Å². The monoisotopic (exact) mass is 389 g/mol. The number of hydrogen-bond acceptors (Lipinski definition) is 7. The summed E-state index contributed by atoms with van der Waals surface area (Å²) < 4.78 is 0. The van der Waals surface area contributed by atoms with E-state index in [2.05, 4.69) is 0 Å². The Bertz CT molecular complexity index is 435. The van der Waals surface area contributed by atoms with Crippen molar-refractivity contribution in [3.8, 4) is 0 Å². The molecule has 0 heterocycles. The van der Waals surface area contributed by atoms with Gasteiger partial charge >= 0.3 is 5.79 Å². The van der Waals surface area contributed by atoms with Gasteiger partial charge in [0.25, 0.3) is 0 Å². The van der Waals surface area contributed by atoms with Gasteiger partial charge in [0.2, 0.25) is 0 Å². The average molecular weight is 389 g/mol. The van der Waals surface area contributed by atoms with Crippen molar-refractivity contribution in [3.05, 3.63) is 30.3 Å². The van der Waals surface area contributed by atoms with Gasteiger partial charge in [-0.05, 0) is 12.8 Å². The van der Waals surface area contributed by atoms with Gasteiger partial charge in [-0.25, -0.2) is 0 Å². The van der Waals surface area contributed by atoms with E-state index in [1.807, 2.05) is 0 Å². The zero-order valence-corrected chi connectivity index (χ0v) is 15.9. The van der Waals surface area contributed by atoms with Crippen LogP contribution in [0.15, 0.2) is 0 Å². The highest BCUT2D eigenvalue weighted by atomic mass is 16.7. The van der Waals surface area contributed by atoms with E-state index in [0.29, 0.717) is 12.8 Å². The molecule has 0 rings (SSSR count). The van der Waals surface area contributed by atoms with Crippen molar-refractivity contribution in [2.75, 3.05) is 0 Å². The van der Waals surface area contributed by atoms with Crippen LogP contribution < -0.4 is 0 Å². The van der Waals surface area contributed by atoms with Crippen LogP contribution in [0, 0.1) is 30.3 Å². The first kappa shape index (κ1) is 24.9. The van der Waals surface area contributed by atoms with Gasteiger partial charge in [0, 0.05) is 6.42 Å². The summed E-state index contributed by atoms with van der Waals surface area (Å²) in [6.45, 7) is 0. The van der Waals surface area contributed by atoms with Crippen LogP contribution in [0.5, 0.6) is 0 Å². The lowest BCUT2D eigenvalue weighted by Gasteiger charge is -2.08. The van der Waals surface area contributed by atoms with Gasteiger partial charge in [-0.1, -0.05) is 70.6 Å². The van der Waals surface area contributed by atoms with Crippen LogP contribution in [0.4, 0.5) is 0 Å². The summed E-state index contributed by atoms with van der Waals surface area (Å²) in [7, 11) is 0. The molecule has 0 aliphatic rings. The number of aldehydes is 1. The molecule has 156 valence electrons. The van der Waals surface area contributed by atoms with Crippen LogP contribution in [-0.4, -0.2) is 26.8 Å². The van der Waals surface area contributed by atoms with Crippen molar-refractivity contribution < 1.29 is 19.6 Å². The van der Waals surface area contributed by atoms with Crippen LogP contribution >= 0.6 is 0 Å². The van der Waals surface area contributed by atoms with Gasteiger partial charge in [-0.2, -0.15) is 0 Å². The molecular weight excluding hydrogens is 358 g/mol. The number of rotatable bonds is 19. The Hall–Kier alpha value is -2.13. The molecule has 0 fully saturated rings. The van der Waals surface area contributed by atoms with Crippen LogP contribution in [0.1, 0.15) is 96.3 Å². The third kappa shape index (κ3) is 9.95. The number of hydrogen-bond donors (Lipinski definition) is 0. The minimum Gasteiger partial charge on any atom is -0.303 e. The lowest BCUT2D eigenvalue weighted by molar-refractivity contribution is -0.970. The molecule has 0 saturated carbocycles. The molecule has 0 spiro atoms. The van der Waals surface area contributed by atoms with Crippen LogP contribution in [0.3, 0.4) is 0 Å². The van der Waals surface area contributed by atoms with E-state index >= 15 is 0 Å². The predicted octanol–water partition coefficient (Wildman–Crippen LogP) is 4.52. The third-order valence-electron chi connectivity index (χ3n) is 4.71. The first-order valence-corrected chi connectivity index (χ1v) is 9.76. The van der Waals surface area contributed by atoms with E-state index in [4.69, 9.17) is 0 Å². The number of carbonyl (C=O) groups excluding carboxylic acids is 1. The Morgan fingerprint density at radius 1 is 0.556 bits per heavy atom. The molecule has 0 aromatic heterocycles. The summed E-state index contributed by atoms with van der Waals surface area (Å²) in [6.07, 6.45) is 13.4. The second-order valence-electron chi connectivity index (χ2n) is 6.85. The Balaban J connectivity index is 3.64. The molecule has 0 radical (unpaired) electrons. The number of unbranched alkanes of at least 4 members (excludes halogenated alkanes) is 13.